The molecular weight excluding hydrogens is 686 g/mol. The maximum Gasteiger partial charge on any atom is 0.305 e. The molecule has 1 aromatic heterocycles. The van der Waals surface area contributed by atoms with Gasteiger partial charge >= 0.3 is 4.87 Å². The van der Waals surface area contributed by atoms with Gasteiger partial charge in [-0.2, -0.15) is 0 Å². The van der Waals surface area contributed by atoms with Gasteiger partial charge in [-0.25, -0.2) is 4.90 Å². The van der Waals surface area contributed by atoms with E-state index in [-0.39, 0.29) is 29.2 Å². The average Bonchev–Trinajstić information content (AvgIpc) is 3.51. The number of carbonyl (C=O) groups excluding carboxylic acids is 3. The van der Waals surface area contributed by atoms with Crippen LogP contribution in [0, 0.1) is 5.92 Å². The van der Waals surface area contributed by atoms with Crippen molar-refractivity contribution in [2.24, 2.45) is 5.92 Å². The van der Waals surface area contributed by atoms with Crippen molar-refractivity contribution in [1.29, 1.82) is 0 Å². The molecule has 220 valence electrons. The SMILES string of the molecule is O=C(COc1ccc(Br)cc1[C@@H]1c2sc(=O)[nH]c2S[C@H]2C(=O)N(c3ccc(Cl)cc3)C(=O)[C@@H]12)Nc1cccc2ccccc12. The van der Waals surface area contributed by atoms with E-state index >= 15 is 0 Å². The number of anilines is 2. The Kier molecular flexibility index (Phi) is 7.57. The van der Waals surface area contributed by atoms with Crippen LogP contribution in [0.25, 0.3) is 10.8 Å². The Bertz CT molecular complexity index is 2020. The van der Waals surface area contributed by atoms with E-state index in [0.717, 1.165) is 22.1 Å². The highest BCUT2D eigenvalue weighted by Gasteiger charge is 2.56. The second kappa shape index (κ2) is 11.6. The molecule has 3 amide bonds. The summed E-state index contributed by atoms with van der Waals surface area (Å²) >= 11 is 11.8. The zero-order chi connectivity index (χ0) is 30.5. The molecule has 0 bridgehead atoms. The van der Waals surface area contributed by atoms with Crippen LogP contribution >= 0.6 is 50.6 Å². The standard InChI is InChI=1S/C32H21BrClN3O5S2/c33-17-8-13-23(42-15-24(38)35-22-7-3-5-16-4-1-2-6-20(16)22)21(14-17)25-26-28(43-29-27(25)44-32(41)36-29)31(40)37(30(26)39)19-11-9-18(34)10-12-19/h1-14,25-26,28H,15H2,(H,35,38)(H,36,41)/t25-,26-,28+/m0/s1. The lowest BCUT2D eigenvalue weighted by molar-refractivity contribution is -0.122. The number of H-pyrrole nitrogens is 1. The maximum absolute atomic E-state index is 14.1. The summed E-state index contributed by atoms with van der Waals surface area (Å²) in [5, 5.41) is 5.08. The normalized spacial score (nSPS) is 19.1. The molecule has 4 aromatic carbocycles. The Morgan fingerprint density at radius 2 is 1.75 bits per heavy atom. The van der Waals surface area contributed by atoms with Gasteiger partial charge in [0.05, 0.1) is 16.6 Å². The van der Waals surface area contributed by atoms with Crippen LogP contribution in [0.5, 0.6) is 5.75 Å². The highest BCUT2D eigenvalue weighted by Crippen LogP contribution is 2.54. The molecule has 3 atom stereocenters. The molecule has 0 aliphatic carbocycles. The summed E-state index contributed by atoms with van der Waals surface area (Å²) in [7, 11) is 0. The van der Waals surface area contributed by atoms with Gasteiger partial charge in [-0.3, -0.25) is 19.2 Å². The van der Waals surface area contributed by atoms with E-state index in [9.17, 15) is 19.2 Å². The minimum absolute atomic E-state index is 0.283. The van der Waals surface area contributed by atoms with Crippen molar-refractivity contribution in [1.82, 2.24) is 4.98 Å². The van der Waals surface area contributed by atoms with Crippen molar-refractivity contribution in [3.05, 3.63) is 115 Å². The zero-order valence-electron chi connectivity index (χ0n) is 22.6. The van der Waals surface area contributed by atoms with E-state index in [1.54, 1.807) is 36.4 Å². The molecular formula is C32H21BrClN3O5S2. The molecule has 3 heterocycles. The lowest BCUT2D eigenvalue weighted by Crippen LogP contribution is -2.32. The van der Waals surface area contributed by atoms with Crippen LogP contribution in [0.1, 0.15) is 16.4 Å². The second-order valence-electron chi connectivity index (χ2n) is 10.3. The van der Waals surface area contributed by atoms with E-state index in [2.05, 4.69) is 26.2 Å². The van der Waals surface area contributed by atoms with Gasteiger partial charge in [0.1, 0.15) is 11.0 Å². The Hall–Kier alpha value is -3.90. The fourth-order valence-electron chi connectivity index (χ4n) is 5.75. The Morgan fingerprint density at radius 3 is 2.57 bits per heavy atom. The van der Waals surface area contributed by atoms with Crippen molar-refractivity contribution >= 4 is 90.5 Å². The van der Waals surface area contributed by atoms with Gasteiger partial charge in [0.25, 0.3) is 5.91 Å². The van der Waals surface area contributed by atoms with Gasteiger partial charge in [0.2, 0.25) is 11.8 Å². The molecule has 2 aliphatic rings. The fraction of sp³-hybridized carbons (Fsp3) is 0.125. The zero-order valence-corrected chi connectivity index (χ0v) is 26.6. The predicted molar refractivity (Wildman–Crippen MR) is 176 cm³/mol. The fourth-order valence-corrected chi connectivity index (χ4v) is 8.77. The molecule has 44 heavy (non-hydrogen) atoms. The average molecular weight is 707 g/mol. The molecule has 2 N–H and O–H groups in total. The molecule has 0 saturated carbocycles. The first-order valence-electron chi connectivity index (χ1n) is 13.5. The number of nitrogens with one attached hydrogen (secondary N) is 2. The van der Waals surface area contributed by atoms with Crippen molar-refractivity contribution in [2.45, 2.75) is 16.2 Å². The lowest BCUT2D eigenvalue weighted by atomic mass is 9.82. The number of fused-ring (bicyclic) bond motifs is 3. The van der Waals surface area contributed by atoms with Crippen LogP contribution in [0.3, 0.4) is 0 Å². The second-order valence-corrected chi connectivity index (χ2v) is 13.8. The van der Waals surface area contributed by atoms with Crippen LogP contribution in [-0.2, 0) is 14.4 Å². The minimum Gasteiger partial charge on any atom is -0.483 e. The number of aromatic nitrogens is 1. The topological polar surface area (TPSA) is 109 Å². The quantitative estimate of drug-likeness (QED) is 0.188. The van der Waals surface area contributed by atoms with E-state index in [1.165, 1.54) is 16.7 Å². The van der Waals surface area contributed by atoms with E-state index < -0.39 is 17.1 Å². The minimum atomic E-state index is -0.816. The Labute approximate surface area is 272 Å². The summed E-state index contributed by atoms with van der Waals surface area (Å²) in [6.07, 6.45) is 0. The third-order valence-corrected chi connectivity index (χ3v) is 10.8. The van der Waals surface area contributed by atoms with Crippen molar-refractivity contribution in [3.63, 3.8) is 0 Å². The molecule has 12 heteroatoms. The van der Waals surface area contributed by atoms with Crippen molar-refractivity contribution in [2.75, 3.05) is 16.8 Å². The number of hydrogen-bond acceptors (Lipinski definition) is 7. The number of nitrogens with zero attached hydrogens (tertiary/aromatic N) is 1. The predicted octanol–water partition coefficient (Wildman–Crippen LogP) is 6.82. The molecule has 5 aromatic rings. The Balaban J connectivity index is 1.23. The molecule has 1 fully saturated rings. The van der Waals surface area contributed by atoms with Crippen molar-refractivity contribution in [3.8, 4) is 5.75 Å². The number of halogens is 2. The molecule has 2 aliphatic heterocycles. The smallest absolute Gasteiger partial charge is 0.305 e. The van der Waals surface area contributed by atoms with Crippen LogP contribution in [0.15, 0.2) is 99.2 Å². The first-order valence-corrected chi connectivity index (χ1v) is 16.4. The lowest BCUT2D eigenvalue weighted by Gasteiger charge is -2.31. The number of imide groups is 1. The summed E-state index contributed by atoms with van der Waals surface area (Å²) in [6, 6.07) is 25.2. The molecule has 1 saturated heterocycles. The summed E-state index contributed by atoms with van der Waals surface area (Å²) in [5.74, 6) is -2.24. The molecule has 0 radical (unpaired) electrons. The molecule has 8 nitrogen and oxygen atoms in total. The third-order valence-electron chi connectivity index (χ3n) is 7.64. The number of hydrogen-bond donors (Lipinski definition) is 2. The monoisotopic (exact) mass is 705 g/mol. The van der Waals surface area contributed by atoms with Gasteiger partial charge in [0.15, 0.2) is 6.61 Å². The van der Waals surface area contributed by atoms with Crippen LogP contribution in [0.2, 0.25) is 5.02 Å². The van der Waals surface area contributed by atoms with E-state index in [4.69, 9.17) is 16.3 Å². The first-order chi connectivity index (χ1) is 21.3. The highest BCUT2D eigenvalue weighted by molar-refractivity contribution is 9.10. The molecule has 0 unspecified atom stereocenters. The summed E-state index contributed by atoms with van der Waals surface area (Å²) in [5.41, 5.74) is 1.67. The first kappa shape index (κ1) is 28.8. The van der Waals surface area contributed by atoms with Gasteiger partial charge in [0, 0.05) is 36.9 Å². The van der Waals surface area contributed by atoms with E-state index in [0.29, 0.717) is 42.1 Å². The van der Waals surface area contributed by atoms with Gasteiger partial charge < -0.3 is 15.0 Å². The summed E-state index contributed by atoms with van der Waals surface area (Å²) < 4.78 is 6.81. The Morgan fingerprint density at radius 1 is 0.977 bits per heavy atom. The van der Waals surface area contributed by atoms with E-state index in [1.807, 2.05) is 48.5 Å². The third kappa shape index (κ3) is 5.13. The number of rotatable bonds is 6. The maximum atomic E-state index is 14.1. The summed E-state index contributed by atoms with van der Waals surface area (Å²) in [4.78, 5) is 57.8. The van der Waals surface area contributed by atoms with Gasteiger partial charge in [-0.1, -0.05) is 87.0 Å². The van der Waals surface area contributed by atoms with Crippen LogP contribution in [0.4, 0.5) is 11.4 Å². The largest absolute Gasteiger partial charge is 0.483 e. The highest BCUT2D eigenvalue weighted by atomic mass is 79.9. The number of thiazole rings is 1. The number of carbonyl (C=O) groups is 3. The van der Waals surface area contributed by atoms with Gasteiger partial charge in [-0.05, 0) is 53.9 Å². The number of benzene rings is 4. The summed E-state index contributed by atoms with van der Waals surface area (Å²) in [6.45, 7) is -0.298. The van der Waals surface area contributed by atoms with Gasteiger partial charge in [-0.15, -0.1) is 0 Å². The van der Waals surface area contributed by atoms with Crippen LogP contribution in [-0.4, -0.2) is 34.6 Å². The van der Waals surface area contributed by atoms with Crippen molar-refractivity contribution < 1.29 is 19.1 Å². The number of aromatic amines is 1. The number of ether oxygens (including phenoxy) is 1. The number of amides is 3. The molecule has 0 spiro atoms. The number of thioether (sulfide) groups is 1. The molecule has 7 rings (SSSR count). The van der Waals surface area contributed by atoms with Crippen LogP contribution < -0.4 is 19.8 Å².